The standard InChI is InChI=1S/C20H17N3S2/c1-22-17(13-21)16-5-4-14(10-16)2-3-15-11-18-20-19(12-15)25-9-7-23(20)6-8-24-18/h2-3,10-12H,4-9H2/b3-2+,17-16+. The summed E-state index contributed by atoms with van der Waals surface area (Å²) in [6, 6.07) is 6.59. The van der Waals surface area contributed by atoms with Gasteiger partial charge < -0.3 is 4.90 Å². The lowest BCUT2D eigenvalue weighted by molar-refractivity contribution is 0.830. The van der Waals surface area contributed by atoms with Crippen LogP contribution in [0.3, 0.4) is 0 Å². The molecular formula is C20H17N3S2. The molecule has 0 amide bonds. The van der Waals surface area contributed by atoms with E-state index in [2.05, 4.69) is 34.0 Å². The van der Waals surface area contributed by atoms with Crippen molar-refractivity contribution in [2.75, 3.05) is 29.5 Å². The number of allylic oxidation sites excluding steroid dienone is 5. The maximum absolute atomic E-state index is 9.00. The fourth-order valence-electron chi connectivity index (χ4n) is 3.43. The molecule has 0 saturated carbocycles. The zero-order chi connectivity index (χ0) is 17.2. The molecule has 1 aromatic rings. The van der Waals surface area contributed by atoms with Crippen molar-refractivity contribution in [3.63, 3.8) is 0 Å². The fourth-order valence-corrected chi connectivity index (χ4v) is 5.75. The quantitative estimate of drug-likeness (QED) is 0.538. The van der Waals surface area contributed by atoms with Crippen LogP contribution in [-0.2, 0) is 0 Å². The number of thioether (sulfide) groups is 2. The van der Waals surface area contributed by atoms with Crippen LogP contribution in [0.2, 0.25) is 0 Å². The molecule has 0 N–H and O–H groups in total. The van der Waals surface area contributed by atoms with E-state index in [1.807, 2.05) is 35.7 Å². The van der Waals surface area contributed by atoms with Crippen LogP contribution < -0.4 is 4.90 Å². The molecule has 2 heterocycles. The Morgan fingerprint density at radius 3 is 2.52 bits per heavy atom. The Kier molecular flexibility index (Phi) is 4.61. The average Bonchev–Trinajstić information content (AvgIpc) is 3.10. The lowest BCUT2D eigenvalue weighted by Crippen LogP contribution is -2.34. The van der Waals surface area contributed by atoms with E-state index < -0.39 is 0 Å². The van der Waals surface area contributed by atoms with E-state index in [0.717, 1.165) is 43.0 Å². The predicted octanol–water partition coefficient (Wildman–Crippen LogP) is 5.13. The van der Waals surface area contributed by atoms with Crippen LogP contribution in [-0.4, -0.2) is 24.6 Å². The molecule has 3 aliphatic rings. The topological polar surface area (TPSA) is 31.4 Å². The molecule has 0 atom stereocenters. The van der Waals surface area contributed by atoms with Gasteiger partial charge in [-0.05, 0) is 41.7 Å². The Bertz CT molecular complexity index is 849. The molecule has 5 heteroatoms. The third-order valence-electron chi connectivity index (χ3n) is 4.67. The molecule has 0 spiro atoms. The number of hydrogen-bond donors (Lipinski definition) is 0. The molecule has 3 nitrogen and oxygen atoms in total. The van der Waals surface area contributed by atoms with Gasteiger partial charge in [-0.25, -0.2) is 10.1 Å². The van der Waals surface area contributed by atoms with Crippen LogP contribution in [0.5, 0.6) is 0 Å². The van der Waals surface area contributed by atoms with Crippen molar-refractivity contribution >= 4 is 35.3 Å². The van der Waals surface area contributed by atoms with E-state index in [9.17, 15) is 0 Å². The first-order valence-corrected chi connectivity index (χ1v) is 10.3. The predicted molar refractivity (Wildman–Crippen MR) is 106 cm³/mol. The van der Waals surface area contributed by atoms with Gasteiger partial charge in [0.05, 0.1) is 18.3 Å². The van der Waals surface area contributed by atoms with Crippen molar-refractivity contribution in [2.45, 2.75) is 22.6 Å². The van der Waals surface area contributed by atoms with E-state index in [1.165, 1.54) is 26.6 Å². The molecule has 25 heavy (non-hydrogen) atoms. The third kappa shape index (κ3) is 3.23. The average molecular weight is 364 g/mol. The Balaban J connectivity index is 1.61. The summed E-state index contributed by atoms with van der Waals surface area (Å²) in [6.07, 6.45) is 8.01. The smallest absolute Gasteiger partial charge is 0.265 e. The van der Waals surface area contributed by atoms with Crippen LogP contribution >= 0.6 is 23.5 Å². The second kappa shape index (κ2) is 7.04. The Labute approximate surface area is 156 Å². The fraction of sp³-hybridized carbons (Fsp3) is 0.300. The van der Waals surface area contributed by atoms with Crippen LogP contribution in [0.15, 0.2) is 50.9 Å². The minimum atomic E-state index is 0.231. The first-order chi connectivity index (χ1) is 12.3. The van der Waals surface area contributed by atoms with Gasteiger partial charge in [-0.15, -0.1) is 23.5 Å². The monoisotopic (exact) mass is 363 g/mol. The SMILES string of the molecule is [C-]#[N+]/C(C#N)=C1C=C(/C=C/c2cc3c4c(c2)SCCN4CCS3)CC/1. The Morgan fingerprint density at radius 2 is 1.88 bits per heavy atom. The highest BCUT2D eigenvalue weighted by Crippen LogP contribution is 2.45. The van der Waals surface area contributed by atoms with Gasteiger partial charge in [-0.3, -0.25) is 0 Å². The number of nitrogens with zero attached hydrogens (tertiary/aromatic N) is 3. The van der Waals surface area contributed by atoms with Crippen molar-refractivity contribution in [3.05, 3.63) is 58.1 Å². The molecule has 0 saturated heterocycles. The molecule has 4 rings (SSSR count). The molecule has 0 aromatic heterocycles. The number of hydrogen-bond acceptors (Lipinski definition) is 4. The van der Waals surface area contributed by atoms with Crippen LogP contribution in [0.4, 0.5) is 5.69 Å². The van der Waals surface area contributed by atoms with E-state index >= 15 is 0 Å². The van der Waals surface area contributed by atoms with Crippen LogP contribution in [0.25, 0.3) is 10.9 Å². The van der Waals surface area contributed by atoms with Crippen molar-refractivity contribution in [2.24, 2.45) is 0 Å². The van der Waals surface area contributed by atoms with E-state index in [0.29, 0.717) is 0 Å². The molecular weight excluding hydrogens is 346 g/mol. The van der Waals surface area contributed by atoms with Crippen LogP contribution in [0, 0.1) is 17.9 Å². The summed E-state index contributed by atoms with van der Waals surface area (Å²) in [7, 11) is 0. The molecule has 0 unspecified atom stereocenters. The van der Waals surface area contributed by atoms with Gasteiger partial charge in [-0.1, -0.05) is 18.2 Å². The Hall–Kier alpha value is -2.08. The summed E-state index contributed by atoms with van der Waals surface area (Å²) < 4.78 is 0. The van der Waals surface area contributed by atoms with Gasteiger partial charge in [0.25, 0.3) is 5.70 Å². The zero-order valence-corrected chi connectivity index (χ0v) is 15.4. The first kappa shape index (κ1) is 16.4. The summed E-state index contributed by atoms with van der Waals surface area (Å²) in [4.78, 5) is 8.64. The molecule has 1 aliphatic carbocycles. The molecule has 1 aromatic carbocycles. The molecule has 0 bridgehead atoms. The normalized spacial score (nSPS) is 20.7. The zero-order valence-electron chi connectivity index (χ0n) is 13.8. The summed E-state index contributed by atoms with van der Waals surface area (Å²) >= 11 is 3.92. The largest absolute Gasteiger partial charge is 0.368 e. The number of nitriles is 1. The van der Waals surface area contributed by atoms with Gasteiger partial charge in [0.2, 0.25) is 0 Å². The summed E-state index contributed by atoms with van der Waals surface area (Å²) in [5.74, 6) is 2.33. The van der Waals surface area contributed by atoms with Crippen molar-refractivity contribution in [3.8, 4) is 6.07 Å². The molecule has 0 fully saturated rings. The van der Waals surface area contributed by atoms with E-state index in [-0.39, 0.29) is 5.70 Å². The summed E-state index contributed by atoms with van der Waals surface area (Å²) in [5, 5.41) is 9.00. The highest BCUT2D eigenvalue weighted by molar-refractivity contribution is 8.00. The molecule has 2 aliphatic heterocycles. The third-order valence-corrected chi connectivity index (χ3v) is 6.69. The van der Waals surface area contributed by atoms with E-state index in [1.54, 1.807) is 0 Å². The first-order valence-electron chi connectivity index (χ1n) is 8.36. The van der Waals surface area contributed by atoms with Gasteiger partial charge in [0, 0.05) is 34.4 Å². The lowest BCUT2D eigenvalue weighted by Gasteiger charge is -2.36. The maximum Gasteiger partial charge on any atom is 0.265 e. The van der Waals surface area contributed by atoms with Gasteiger partial charge in [0.1, 0.15) is 0 Å². The maximum atomic E-state index is 9.00. The lowest BCUT2D eigenvalue weighted by atomic mass is 10.1. The number of benzene rings is 1. The second-order valence-electron chi connectivity index (χ2n) is 6.20. The number of anilines is 1. The van der Waals surface area contributed by atoms with Crippen LogP contribution in [0.1, 0.15) is 18.4 Å². The molecule has 124 valence electrons. The molecule has 0 radical (unpaired) electrons. The van der Waals surface area contributed by atoms with Crippen molar-refractivity contribution in [1.82, 2.24) is 0 Å². The minimum Gasteiger partial charge on any atom is -0.368 e. The minimum absolute atomic E-state index is 0.231. The van der Waals surface area contributed by atoms with Crippen molar-refractivity contribution in [1.29, 1.82) is 5.26 Å². The summed E-state index contributed by atoms with van der Waals surface area (Å²) in [6.45, 7) is 9.39. The number of rotatable bonds is 2. The highest BCUT2D eigenvalue weighted by Gasteiger charge is 2.24. The van der Waals surface area contributed by atoms with Gasteiger partial charge in [-0.2, -0.15) is 0 Å². The Morgan fingerprint density at radius 1 is 1.16 bits per heavy atom. The second-order valence-corrected chi connectivity index (χ2v) is 8.47. The highest BCUT2D eigenvalue weighted by atomic mass is 32.2. The van der Waals surface area contributed by atoms with Gasteiger partial charge in [0.15, 0.2) is 0 Å². The van der Waals surface area contributed by atoms with Crippen molar-refractivity contribution < 1.29 is 0 Å². The van der Waals surface area contributed by atoms with Gasteiger partial charge >= 0.3 is 0 Å². The van der Waals surface area contributed by atoms with E-state index in [4.69, 9.17) is 11.8 Å². The summed E-state index contributed by atoms with van der Waals surface area (Å²) in [5.41, 5.74) is 4.97.